The Labute approximate surface area is 113 Å². The molecule has 1 heterocycles. The normalized spacial score (nSPS) is 29.1. The minimum Gasteiger partial charge on any atom is -0.396 e. The van der Waals surface area contributed by atoms with Crippen LogP contribution in [0.15, 0.2) is 36.4 Å². The number of likely N-dealkylation sites (N-methyl/N-ethyl adjacent to an activating group) is 1. The summed E-state index contributed by atoms with van der Waals surface area (Å²) in [5.41, 5.74) is 1.69. The summed E-state index contributed by atoms with van der Waals surface area (Å²) < 4.78 is 0. The van der Waals surface area contributed by atoms with Gasteiger partial charge in [0.25, 0.3) is 0 Å². The molecule has 3 nitrogen and oxygen atoms in total. The summed E-state index contributed by atoms with van der Waals surface area (Å²) in [6.45, 7) is 0.121. The van der Waals surface area contributed by atoms with Crippen LogP contribution >= 0.6 is 0 Å². The van der Waals surface area contributed by atoms with E-state index in [4.69, 9.17) is 0 Å². The first-order valence-corrected chi connectivity index (χ1v) is 6.87. The van der Waals surface area contributed by atoms with Gasteiger partial charge in [0.15, 0.2) is 0 Å². The van der Waals surface area contributed by atoms with Crippen LogP contribution in [0.25, 0.3) is 0 Å². The summed E-state index contributed by atoms with van der Waals surface area (Å²) in [6.07, 6.45) is 6.67. The SMILES string of the molecule is CN1C(=O)[C@]2(CCC=C[C@H]2CCO)c2ccccc21. The lowest BCUT2D eigenvalue weighted by Gasteiger charge is -2.37. The predicted octanol–water partition coefficient (Wildman–Crippen LogP) is 2.25. The molecule has 2 aliphatic rings. The van der Waals surface area contributed by atoms with Crippen LogP contribution in [0.5, 0.6) is 0 Å². The predicted molar refractivity (Wildman–Crippen MR) is 75.1 cm³/mol. The number of anilines is 1. The molecule has 0 saturated carbocycles. The lowest BCUT2D eigenvalue weighted by molar-refractivity contribution is -0.124. The number of benzene rings is 1. The van der Waals surface area contributed by atoms with Gasteiger partial charge in [-0.2, -0.15) is 0 Å². The quantitative estimate of drug-likeness (QED) is 0.825. The maximum atomic E-state index is 12.8. The van der Waals surface area contributed by atoms with Gasteiger partial charge in [-0.25, -0.2) is 0 Å². The number of nitrogens with zero attached hydrogens (tertiary/aromatic N) is 1. The molecule has 1 spiro atoms. The Morgan fingerprint density at radius 3 is 3.00 bits per heavy atom. The smallest absolute Gasteiger partial charge is 0.238 e. The number of rotatable bonds is 2. The second-order valence-corrected chi connectivity index (χ2v) is 5.44. The number of hydrogen-bond acceptors (Lipinski definition) is 2. The van der Waals surface area contributed by atoms with Crippen molar-refractivity contribution in [2.24, 2.45) is 5.92 Å². The van der Waals surface area contributed by atoms with Crippen LogP contribution in [0.2, 0.25) is 0 Å². The summed E-state index contributed by atoms with van der Waals surface area (Å²) >= 11 is 0. The highest BCUT2D eigenvalue weighted by Gasteiger charge is 2.53. The van der Waals surface area contributed by atoms with E-state index in [-0.39, 0.29) is 18.4 Å². The van der Waals surface area contributed by atoms with Crippen LogP contribution in [0.3, 0.4) is 0 Å². The van der Waals surface area contributed by atoms with Crippen molar-refractivity contribution in [3.05, 3.63) is 42.0 Å². The van der Waals surface area contributed by atoms with E-state index in [0.717, 1.165) is 24.1 Å². The molecule has 100 valence electrons. The number of aliphatic hydroxyl groups is 1. The Kier molecular flexibility index (Phi) is 2.94. The number of para-hydroxylation sites is 1. The molecule has 0 radical (unpaired) electrons. The maximum Gasteiger partial charge on any atom is 0.238 e. The Hall–Kier alpha value is -1.61. The lowest BCUT2D eigenvalue weighted by Crippen LogP contribution is -2.45. The first-order valence-electron chi connectivity index (χ1n) is 6.87. The van der Waals surface area contributed by atoms with Gasteiger partial charge in [-0.1, -0.05) is 30.4 Å². The van der Waals surface area contributed by atoms with Crippen LogP contribution in [0.4, 0.5) is 5.69 Å². The van der Waals surface area contributed by atoms with Crippen LogP contribution in [0.1, 0.15) is 24.8 Å². The molecule has 1 aliphatic heterocycles. The molecule has 1 aromatic carbocycles. The first kappa shape index (κ1) is 12.4. The van der Waals surface area contributed by atoms with Gasteiger partial charge in [0.05, 0.1) is 5.41 Å². The number of amides is 1. The molecule has 1 aromatic rings. The highest BCUT2D eigenvalue weighted by atomic mass is 16.3. The second-order valence-electron chi connectivity index (χ2n) is 5.44. The Morgan fingerprint density at radius 1 is 1.42 bits per heavy atom. The molecule has 3 heteroatoms. The van der Waals surface area contributed by atoms with Gasteiger partial charge >= 0.3 is 0 Å². The molecule has 3 rings (SSSR count). The van der Waals surface area contributed by atoms with Crippen molar-refractivity contribution >= 4 is 11.6 Å². The Morgan fingerprint density at radius 2 is 2.21 bits per heavy atom. The third-order valence-electron chi connectivity index (χ3n) is 4.58. The van der Waals surface area contributed by atoms with Crippen molar-refractivity contribution in [1.29, 1.82) is 0 Å². The van der Waals surface area contributed by atoms with E-state index in [0.29, 0.717) is 6.42 Å². The molecule has 0 bridgehead atoms. The molecule has 0 unspecified atom stereocenters. The van der Waals surface area contributed by atoms with Crippen LogP contribution in [-0.4, -0.2) is 24.7 Å². The van der Waals surface area contributed by atoms with Gasteiger partial charge in [0.1, 0.15) is 0 Å². The van der Waals surface area contributed by atoms with Gasteiger partial charge in [-0.05, 0) is 36.8 Å². The molecule has 1 N–H and O–H groups in total. The summed E-state index contributed by atoms with van der Waals surface area (Å²) in [4.78, 5) is 14.6. The molecule has 2 atom stereocenters. The number of carbonyl (C=O) groups excluding carboxylic acids is 1. The Bertz CT molecular complexity index is 537. The van der Waals surface area contributed by atoms with Gasteiger partial charge in [-0.3, -0.25) is 4.79 Å². The fourth-order valence-electron chi connectivity index (χ4n) is 3.67. The van der Waals surface area contributed by atoms with Gasteiger partial charge in [-0.15, -0.1) is 0 Å². The number of aliphatic hydroxyl groups excluding tert-OH is 1. The zero-order valence-electron chi connectivity index (χ0n) is 11.2. The van der Waals surface area contributed by atoms with Crippen LogP contribution in [0, 0.1) is 5.92 Å². The molecule has 0 fully saturated rings. The topological polar surface area (TPSA) is 40.5 Å². The van der Waals surface area contributed by atoms with E-state index in [1.54, 1.807) is 4.90 Å². The number of carbonyl (C=O) groups is 1. The van der Waals surface area contributed by atoms with E-state index in [1.165, 1.54) is 0 Å². The molecule has 1 aliphatic carbocycles. The monoisotopic (exact) mass is 257 g/mol. The summed E-state index contributed by atoms with van der Waals surface area (Å²) in [5, 5.41) is 9.30. The van der Waals surface area contributed by atoms with Gasteiger partial charge in [0, 0.05) is 19.3 Å². The third-order valence-corrected chi connectivity index (χ3v) is 4.58. The van der Waals surface area contributed by atoms with Crippen molar-refractivity contribution in [3.8, 4) is 0 Å². The van der Waals surface area contributed by atoms with E-state index in [2.05, 4.69) is 18.2 Å². The third kappa shape index (κ3) is 1.58. The average molecular weight is 257 g/mol. The highest BCUT2D eigenvalue weighted by molar-refractivity contribution is 6.08. The minimum absolute atomic E-state index is 0.102. The van der Waals surface area contributed by atoms with Crippen molar-refractivity contribution in [2.45, 2.75) is 24.7 Å². The maximum absolute atomic E-state index is 12.8. The molecule has 0 aromatic heterocycles. The largest absolute Gasteiger partial charge is 0.396 e. The van der Waals surface area contributed by atoms with Crippen LogP contribution < -0.4 is 4.90 Å². The zero-order chi connectivity index (χ0) is 13.5. The number of allylic oxidation sites excluding steroid dienone is 2. The standard InChI is InChI=1S/C16H19NO2/c1-17-14-8-3-2-7-13(14)16(15(17)19)10-5-4-6-12(16)9-11-18/h2-4,6-8,12,18H,5,9-11H2,1H3/t12-,16-/m0/s1. The number of fused-ring (bicyclic) bond motifs is 2. The van der Waals surface area contributed by atoms with Crippen LogP contribution in [-0.2, 0) is 10.2 Å². The minimum atomic E-state index is -0.456. The Balaban J connectivity index is 2.17. The van der Waals surface area contributed by atoms with E-state index in [1.807, 2.05) is 25.2 Å². The first-order chi connectivity index (χ1) is 9.21. The molecule has 0 saturated heterocycles. The van der Waals surface area contributed by atoms with Crippen molar-refractivity contribution in [2.75, 3.05) is 18.6 Å². The zero-order valence-corrected chi connectivity index (χ0v) is 11.2. The van der Waals surface area contributed by atoms with E-state index >= 15 is 0 Å². The number of hydrogen-bond donors (Lipinski definition) is 1. The fraction of sp³-hybridized carbons (Fsp3) is 0.438. The van der Waals surface area contributed by atoms with Crippen molar-refractivity contribution < 1.29 is 9.90 Å². The van der Waals surface area contributed by atoms with E-state index < -0.39 is 5.41 Å². The second kappa shape index (κ2) is 4.49. The molecule has 19 heavy (non-hydrogen) atoms. The van der Waals surface area contributed by atoms with E-state index in [9.17, 15) is 9.90 Å². The molecular weight excluding hydrogens is 238 g/mol. The average Bonchev–Trinajstić information content (AvgIpc) is 2.66. The fourth-order valence-corrected chi connectivity index (χ4v) is 3.67. The van der Waals surface area contributed by atoms with Crippen molar-refractivity contribution in [1.82, 2.24) is 0 Å². The summed E-state index contributed by atoms with van der Waals surface area (Å²) in [5.74, 6) is 0.279. The summed E-state index contributed by atoms with van der Waals surface area (Å²) in [7, 11) is 1.85. The molecular formula is C16H19NO2. The lowest BCUT2D eigenvalue weighted by atomic mass is 9.64. The van der Waals surface area contributed by atoms with Gasteiger partial charge in [0.2, 0.25) is 5.91 Å². The highest BCUT2D eigenvalue weighted by Crippen LogP contribution is 2.51. The summed E-state index contributed by atoms with van der Waals surface area (Å²) in [6, 6.07) is 8.05. The van der Waals surface area contributed by atoms with Gasteiger partial charge < -0.3 is 10.0 Å². The van der Waals surface area contributed by atoms with Crippen molar-refractivity contribution in [3.63, 3.8) is 0 Å². The molecule has 1 amide bonds.